The number of imidazole rings is 1. The summed E-state index contributed by atoms with van der Waals surface area (Å²) in [6.45, 7) is 6.50. The number of fused-ring (bicyclic) bond motifs is 1. The second-order valence-corrected chi connectivity index (χ2v) is 8.50. The normalized spacial score (nSPS) is 13.7. The number of pyridine rings is 1. The van der Waals surface area contributed by atoms with Crippen LogP contribution in [0.25, 0.3) is 0 Å². The number of aromatic nitrogens is 3. The molecule has 0 saturated heterocycles. The van der Waals surface area contributed by atoms with Gasteiger partial charge in [-0.1, -0.05) is 18.2 Å². The number of ether oxygens (including phenoxy) is 2. The van der Waals surface area contributed by atoms with Crippen LogP contribution >= 0.6 is 0 Å². The highest BCUT2D eigenvalue weighted by Crippen LogP contribution is 2.25. The molecule has 0 radical (unpaired) electrons. The predicted octanol–water partition coefficient (Wildman–Crippen LogP) is 2.33. The Labute approximate surface area is 205 Å². The number of hydrogen-bond donors (Lipinski definition) is 1. The topological polar surface area (TPSA) is 90.6 Å². The summed E-state index contributed by atoms with van der Waals surface area (Å²) in [5.41, 5.74) is 2.14. The molecule has 1 N–H and O–H groups in total. The van der Waals surface area contributed by atoms with Crippen molar-refractivity contribution in [1.29, 1.82) is 0 Å². The van der Waals surface area contributed by atoms with E-state index in [4.69, 9.17) is 9.47 Å². The van der Waals surface area contributed by atoms with Gasteiger partial charge in [-0.25, -0.2) is 4.98 Å². The molecule has 1 aromatic carbocycles. The van der Waals surface area contributed by atoms with Crippen molar-refractivity contribution in [2.75, 3.05) is 33.4 Å². The Morgan fingerprint density at radius 1 is 1.17 bits per heavy atom. The smallest absolute Gasteiger partial charge is 0.256 e. The third-order valence-electron chi connectivity index (χ3n) is 6.24. The predicted molar refractivity (Wildman–Crippen MR) is 133 cm³/mol. The summed E-state index contributed by atoms with van der Waals surface area (Å²) in [4.78, 5) is 32.4. The van der Waals surface area contributed by atoms with Gasteiger partial charge >= 0.3 is 0 Å². The van der Waals surface area contributed by atoms with Crippen molar-refractivity contribution in [3.63, 3.8) is 0 Å². The van der Waals surface area contributed by atoms with Crippen molar-refractivity contribution < 1.29 is 14.3 Å². The summed E-state index contributed by atoms with van der Waals surface area (Å²) in [6.07, 6.45) is 6.73. The van der Waals surface area contributed by atoms with Crippen LogP contribution in [0.2, 0.25) is 0 Å². The average molecular weight is 480 g/mol. The minimum Gasteiger partial charge on any atom is -0.496 e. The lowest BCUT2D eigenvalue weighted by Gasteiger charge is -2.21. The number of rotatable bonds is 10. The number of amides is 1. The number of carbonyl (C=O) groups excluding carboxylic acids is 1. The number of benzene rings is 1. The van der Waals surface area contributed by atoms with Crippen molar-refractivity contribution in [3.8, 4) is 11.5 Å². The standard InChI is InChI=1S/C26H33N5O4/c1-3-35-22-8-5-4-7-20(22)18-29-13-9-21-25(23(34-2)17-24(32)31(21)16-15-29)26(33)28-10-6-12-30-14-11-27-19-30/h4-5,7-8,11,14,17,19H,3,6,9-10,12-13,15-16,18H2,1-2H3,(H,28,33). The zero-order valence-corrected chi connectivity index (χ0v) is 20.4. The number of para-hydroxylation sites is 1. The number of aryl methyl sites for hydroxylation is 1. The highest BCUT2D eigenvalue weighted by molar-refractivity contribution is 5.98. The van der Waals surface area contributed by atoms with Crippen LogP contribution in [-0.4, -0.2) is 58.3 Å². The molecule has 0 atom stereocenters. The first-order valence-electron chi connectivity index (χ1n) is 12.1. The summed E-state index contributed by atoms with van der Waals surface area (Å²) in [5, 5.41) is 3.00. The lowest BCUT2D eigenvalue weighted by atomic mass is 10.1. The maximum atomic E-state index is 13.2. The summed E-state index contributed by atoms with van der Waals surface area (Å²) >= 11 is 0. The van der Waals surface area contributed by atoms with Crippen molar-refractivity contribution >= 4 is 5.91 Å². The van der Waals surface area contributed by atoms with Gasteiger partial charge in [0.25, 0.3) is 11.5 Å². The Bertz CT molecular complexity index is 1190. The SMILES string of the molecule is CCOc1ccccc1CN1CCc2c(C(=O)NCCCn3ccnc3)c(OC)cc(=O)n2CC1. The molecule has 0 bridgehead atoms. The van der Waals surface area contributed by atoms with Gasteiger partial charge in [-0.05, 0) is 19.4 Å². The minimum atomic E-state index is -0.216. The zero-order chi connectivity index (χ0) is 24.6. The van der Waals surface area contributed by atoms with Crippen LogP contribution in [0.4, 0.5) is 0 Å². The Kier molecular flexibility index (Phi) is 8.20. The maximum absolute atomic E-state index is 13.2. The molecule has 186 valence electrons. The molecular weight excluding hydrogens is 446 g/mol. The van der Waals surface area contributed by atoms with E-state index in [1.54, 1.807) is 17.1 Å². The van der Waals surface area contributed by atoms with E-state index in [2.05, 4.69) is 21.3 Å². The highest BCUT2D eigenvalue weighted by Gasteiger charge is 2.25. The van der Waals surface area contributed by atoms with Gasteiger partial charge in [0.1, 0.15) is 17.1 Å². The van der Waals surface area contributed by atoms with E-state index in [0.29, 0.717) is 57.1 Å². The molecule has 1 aliphatic rings. The molecule has 1 aliphatic heterocycles. The summed E-state index contributed by atoms with van der Waals surface area (Å²) in [7, 11) is 1.50. The summed E-state index contributed by atoms with van der Waals surface area (Å²) < 4.78 is 14.9. The van der Waals surface area contributed by atoms with E-state index in [9.17, 15) is 9.59 Å². The fourth-order valence-electron chi connectivity index (χ4n) is 4.50. The molecule has 3 aromatic rings. The van der Waals surface area contributed by atoms with Crippen molar-refractivity contribution in [3.05, 3.63) is 76.2 Å². The number of methoxy groups -OCH3 is 1. The molecule has 0 fully saturated rings. The molecule has 0 saturated carbocycles. The number of hydrogen-bond acceptors (Lipinski definition) is 6. The second kappa shape index (κ2) is 11.7. The van der Waals surface area contributed by atoms with Gasteiger partial charge in [-0.15, -0.1) is 0 Å². The van der Waals surface area contributed by atoms with Gasteiger partial charge in [-0.2, -0.15) is 0 Å². The van der Waals surface area contributed by atoms with Crippen molar-refractivity contribution in [1.82, 2.24) is 24.3 Å². The van der Waals surface area contributed by atoms with E-state index in [1.807, 2.05) is 35.9 Å². The Hall–Kier alpha value is -3.59. The van der Waals surface area contributed by atoms with Gasteiger partial charge < -0.3 is 23.9 Å². The van der Waals surface area contributed by atoms with E-state index in [0.717, 1.165) is 30.0 Å². The molecule has 35 heavy (non-hydrogen) atoms. The van der Waals surface area contributed by atoms with Crippen LogP contribution in [0.1, 0.15) is 35.0 Å². The maximum Gasteiger partial charge on any atom is 0.256 e. The molecule has 0 aliphatic carbocycles. The molecule has 1 amide bonds. The quantitative estimate of drug-likeness (QED) is 0.449. The van der Waals surface area contributed by atoms with Crippen LogP contribution in [0, 0.1) is 0 Å². The molecular formula is C26H33N5O4. The van der Waals surface area contributed by atoms with Gasteiger partial charge in [0.15, 0.2) is 0 Å². The Morgan fingerprint density at radius 3 is 2.80 bits per heavy atom. The third-order valence-corrected chi connectivity index (χ3v) is 6.24. The second-order valence-electron chi connectivity index (χ2n) is 8.50. The van der Waals surface area contributed by atoms with Crippen LogP contribution in [-0.2, 0) is 26.1 Å². The van der Waals surface area contributed by atoms with Crippen LogP contribution < -0.4 is 20.3 Å². The Morgan fingerprint density at radius 2 is 2.03 bits per heavy atom. The van der Waals surface area contributed by atoms with Gasteiger partial charge in [0.2, 0.25) is 0 Å². The third kappa shape index (κ3) is 5.92. The number of nitrogens with zero attached hydrogens (tertiary/aromatic N) is 4. The molecule has 0 unspecified atom stereocenters. The molecule has 9 nitrogen and oxygen atoms in total. The molecule has 4 rings (SSSR count). The van der Waals surface area contributed by atoms with Crippen LogP contribution in [0.5, 0.6) is 11.5 Å². The largest absolute Gasteiger partial charge is 0.496 e. The van der Waals surface area contributed by atoms with Crippen molar-refractivity contribution in [2.24, 2.45) is 0 Å². The Balaban J connectivity index is 1.49. The number of nitrogens with one attached hydrogen (secondary N) is 1. The minimum absolute atomic E-state index is 0.148. The lowest BCUT2D eigenvalue weighted by molar-refractivity contribution is 0.0947. The fraction of sp³-hybridized carbons (Fsp3) is 0.423. The fourth-order valence-corrected chi connectivity index (χ4v) is 4.50. The molecule has 3 heterocycles. The van der Waals surface area contributed by atoms with Crippen LogP contribution in [0.15, 0.2) is 53.8 Å². The van der Waals surface area contributed by atoms with Gasteiger partial charge in [0.05, 0.1) is 20.0 Å². The van der Waals surface area contributed by atoms with E-state index >= 15 is 0 Å². The van der Waals surface area contributed by atoms with E-state index in [-0.39, 0.29) is 11.5 Å². The van der Waals surface area contributed by atoms with E-state index in [1.165, 1.54) is 13.2 Å². The first-order chi connectivity index (χ1) is 17.1. The van der Waals surface area contributed by atoms with Crippen LogP contribution in [0.3, 0.4) is 0 Å². The molecule has 9 heteroatoms. The lowest BCUT2D eigenvalue weighted by Crippen LogP contribution is -2.32. The first-order valence-corrected chi connectivity index (χ1v) is 12.1. The van der Waals surface area contributed by atoms with Gasteiger partial charge in [-0.3, -0.25) is 14.5 Å². The number of carbonyl (C=O) groups is 1. The molecule has 0 spiro atoms. The average Bonchev–Trinajstić information content (AvgIpc) is 3.29. The monoisotopic (exact) mass is 479 g/mol. The summed E-state index contributed by atoms with van der Waals surface area (Å²) in [6, 6.07) is 9.45. The zero-order valence-electron chi connectivity index (χ0n) is 20.4. The first kappa shape index (κ1) is 24.5. The van der Waals surface area contributed by atoms with Gasteiger partial charge in [0, 0.05) is 75.4 Å². The molecule has 2 aromatic heterocycles. The highest BCUT2D eigenvalue weighted by atomic mass is 16.5. The summed E-state index contributed by atoms with van der Waals surface area (Å²) in [5.74, 6) is 0.987. The van der Waals surface area contributed by atoms with E-state index < -0.39 is 0 Å². The van der Waals surface area contributed by atoms with Crippen molar-refractivity contribution in [2.45, 2.75) is 39.4 Å².